The molecule has 2 fully saturated rings. The van der Waals surface area contributed by atoms with Crippen LogP contribution in [0.2, 0.25) is 0 Å². The van der Waals surface area contributed by atoms with Crippen LogP contribution in [0.15, 0.2) is 48.5 Å². The molecule has 188 valence electrons. The Morgan fingerprint density at radius 3 is 2.51 bits per heavy atom. The molecule has 1 unspecified atom stereocenters. The lowest BCUT2D eigenvalue weighted by Gasteiger charge is -2.33. The van der Waals surface area contributed by atoms with Crippen molar-refractivity contribution >= 4 is 27.5 Å². The first-order chi connectivity index (χ1) is 16.8. The summed E-state index contributed by atoms with van der Waals surface area (Å²) in [4.78, 5) is 27.9. The van der Waals surface area contributed by atoms with Gasteiger partial charge in [-0.05, 0) is 42.7 Å². The second-order valence-electron chi connectivity index (χ2n) is 8.98. The van der Waals surface area contributed by atoms with E-state index in [1.165, 1.54) is 10.6 Å². The molecule has 0 spiro atoms. The van der Waals surface area contributed by atoms with Gasteiger partial charge in [-0.15, -0.1) is 0 Å². The summed E-state index contributed by atoms with van der Waals surface area (Å²) in [5.74, 6) is -0.550. The van der Waals surface area contributed by atoms with Crippen LogP contribution in [0.1, 0.15) is 39.1 Å². The van der Waals surface area contributed by atoms with Gasteiger partial charge in [-0.1, -0.05) is 24.3 Å². The number of carbonyl (C=O) groups excluding carboxylic acids is 2. The third-order valence-corrected chi connectivity index (χ3v) is 7.63. The number of nitrogens with one attached hydrogen (secondary N) is 2. The van der Waals surface area contributed by atoms with E-state index in [-0.39, 0.29) is 17.9 Å². The zero-order valence-corrected chi connectivity index (χ0v) is 20.7. The SMILES string of the molecule is CS(=O)(=O)N1CCN(Cc2cccc(C(=O)Nc3ccccc3C(=O)NCC3CCCO3)c2)CC1. The molecule has 1 atom stereocenters. The second-order valence-corrected chi connectivity index (χ2v) is 11.0. The van der Waals surface area contributed by atoms with Crippen molar-refractivity contribution in [3.8, 4) is 0 Å². The molecule has 2 aliphatic rings. The molecule has 9 nitrogen and oxygen atoms in total. The quantitative estimate of drug-likeness (QED) is 0.574. The van der Waals surface area contributed by atoms with Gasteiger partial charge in [-0.25, -0.2) is 8.42 Å². The minimum atomic E-state index is -3.17. The van der Waals surface area contributed by atoms with Crippen LogP contribution >= 0.6 is 0 Å². The number of amides is 2. The van der Waals surface area contributed by atoms with Gasteiger partial charge in [0.05, 0.1) is 23.6 Å². The molecule has 0 aromatic heterocycles. The normalized spacial score (nSPS) is 19.4. The van der Waals surface area contributed by atoms with Crippen LogP contribution in [0.25, 0.3) is 0 Å². The lowest BCUT2D eigenvalue weighted by molar-refractivity contribution is 0.0858. The van der Waals surface area contributed by atoms with E-state index in [0.29, 0.717) is 56.1 Å². The van der Waals surface area contributed by atoms with Gasteiger partial charge in [0.25, 0.3) is 11.8 Å². The molecule has 2 saturated heterocycles. The minimum Gasteiger partial charge on any atom is -0.376 e. The molecule has 2 aliphatic heterocycles. The highest BCUT2D eigenvalue weighted by Gasteiger charge is 2.23. The minimum absolute atomic E-state index is 0.0396. The van der Waals surface area contributed by atoms with E-state index in [1.54, 1.807) is 30.3 Å². The van der Waals surface area contributed by atoms with Crippen molar-refractivity contribution in [3.05, 3.63) is 65.2 Å². The molecule has 0 radical (unpaired) electrons. The van der Waals surface area contributed by atoms with E-state index >= 15 is 0 Å². The Hall–Kier alpha value is -2.79. The second kappa shape index (κ2) is 11.3. The topological polar surface area (TPSA) is 108 Å². The number of para-hydroxylation sites is 1. The fourth-order valence-electron chi connectivity index (χ4n) is 4.38. The van der Waals surface area contributed by atoms with Crippen molar-refractivity contribution in [3.63, 3.8) is 0 Å². The summed E-state index contributed by atoms with van der Waals surface area (Å²) in [7, 11) is -3.17. The van der Waals surface area contributed by atoms with Gasteiger partial charge in [0.15, 0.2) is 0 Å². The molecule has 2 aromatic rings. The molecule has 0 saturated carbocycles. The van der Waals surface area contributed by atoms with E-state index < -0.39 is 10.0 Å². The van der Waals surface area contributed by atoms with Gasteiger partial charge >= 0.3 is 0 Å². The number of piperazine rings is 1. The fourth-order valence-corrected chi connectivity index (χ4v) is 5.21. The molecular weight excluding hydrogens is 468 g/mol. The van der Waals surface area contributed by atoms with E-state index in [2.05, 4.69) is 15.5 Å². The number of ether oxygens (including phenoxy) is 1. The van der Waals surface area contributed by atoms with Gasteiger partial charge in [-0.3, -0.25) is 14.5 Å². The molecule has 0 aliphatic carbocycles. The summed E-state index contributed by atoms with van der Waals surface area (Å²) in [5.41, 5.74) is 2.31. The Balaban J connectivity index is 1.36. The molecule has 2 amide bonds. The van der Waals surface area contributed by atoms with E-state index in [9.17, 15) is 18.0 Å². The first-order valence-corrected chi connectivity index (χ1v) is 13.7. The summed E-state index contributed by atoms with van der Waals surface area (Å²) in [5, 5.41) is 5.77. The van der Waals surface area contributed by atoms with Crippen molar-refractivity contribution < 1.29 is 22.7 Å². The Morgan fingerprint density at radius 2 is 1.80 bits per heavy atom. The number of hydrogen-bond donors (Lipinski definition) is 2. The molecule has 2 N–H and O–H groups in total. The Labute approximate surface area is 206 Å². The number of rotatable bonds is 8. The smallest absolute Gasteiger partial charge is 0.255 e. The summed E-state index contributed by atoms with van der Waals surface area (Å²) in [6.07, 6.45) is 3.21. The maximum absolute atomic E-state index is 13.0. The van der Waals surface area contributed by atoms with Crippen molar-refractivity contribution in [1.29, 1.82) is 0 Å². The zero-order valence-electron chi connectivity index (χ0n) is 19.9. The van der Waals surface area contributed by atoms with Crippen molar-refractivity contribution in [1.82, 2.24) is 14.5 Å². The van der Waals surface area contributed by atoms with E-state index in [0.717, 1.165) is 25.0 Å². The van der Waals surface area contributed by atoms with Crippen LogP contribution in [-0.4, -0.2) is 81.1 Å². The number of nitrogens with zero attached hydrogens (tertiary/aromatic N) is 2. The van der Waals surface area contributed by atoms with E-state index in [1.807, 2.05) is 18.2 Å². The van der Waals surface area contributed by atoms with Gasteiger partial charge in [0.1, 0.15) is 0 Å². The van der Waals surface area contributed by atoms with Crippen molar-refractivity contribution in [2.75, 3.05) is 50.9 Å². The zero-order chi connectivity index (χ0) is 24.8. The van der Waals surface area contributed by atoms with Gasteiger partial charge in [0.2, 0.25) is 10.0 Å². The first kappa shape index (κ1) is 25.3. The number of sulfonamides is 1. The Bertz CT molecular complexity index is 1160. The van der Waals surface area contributed by atoms with Crippen LogP contribution in [0.5, 0.6) is 0 Å². The number of hydrogen-bond acceptors (Lipinski definition) is 6. The third kappa shape index (κ3) is 6.88. The van der Waals surface area contributed by atoms with Crippen LogP contribution < -0.4 is 10.6 Å². The fraction of sp³-hybridized carbons (Fsp3) is 0.440. The average molecular weight is 501 g/mol. The van der Waals surface area contributed by atoms with Gasteiger partial charge in [-0.2, -0.15) is 4.31 Å². The predicted molar refractivity (Wildman–Crippen MR) is 134 cm³/mol. The standard InChI is InChI=1S/C25H32N4O5S/c1-35(32,33)29-13-11-28(12-14-29)18-19-6-4-7-20(16-19)24(30)27-23-10-3-2-9-22(23)25(31)26-17-21-8-5-15-34-21/h2-4,6-7,9-10,16,21H,5,8,11-15,17-18H2,1H3,(H,26,31)(H,27,30). The molecule has 2 aromatic carbocycles. The summed E-state index contributed by atoms with van der Waals surface area (Å²) >= 11 is 0. The number of anilines is 1. The molecular formula is C25H32N4O5S. The highest BCUT2D eigenvalue weighted by Crippen LogP contribution is 2.18. The van der Waals surface area contributed by atoms with Crippen LogP contribution in [0, 0.1) is 0 Å². The van der Waals surface area contributed by atoms with Crippen LogP contribution in [0.3, 0.4) is 0 Å². The van der Waals surface area contributed by atoms with Gasteiger partial charge < -0.3 is 15.4 Å². The monoisotopic (exact) mass is 500 g/mol. The van der Waals surface area contributed by atoms with Crippen LogP contribution in [-0.2, 0) is 21.3 Å². The number of carbonyl (C=O) groups is 2. The Kier molecular flexibility index (Phi) is 8.17. The molecule has 2 heterocycles. The lowest BCUT2D eigenvalue weighted by atomic mass is 10.1. The van der Waals surface area contributed by atoms with Gasteiger partial charge in [0, 0.05) is 51.4 Å². The maximum atomic E-state index is 13.0. The molecule has 10 heteroatoms. The largest absolute Gasteiger partial charge is 0.376 e. The highest BCUT2D eigenvalue weighted by molar-refractivity contribution is 7.88. The first-order valence-electron chi connectivity index (χ1n) is 11.9. The highest BCUT2D eigenvalue weighted by atomic mass is 32.2. The predicted octanol–water partition coefficient (Wildman–Crippen LogP) is 1.92. The van der Waals surface area contributed by atoms with E-state index in [4.69, 9.17) is 4.74 Å². The third-order valence-electron chi connectivity index (χ3n) is 6.33. The van der Waals surface area contributed by atoms with Crippen molar-refractivity contribution in [2.24, 2.45) is 0 Å². The lowest BCUT2D eigenvalue weighted by Crippen LogP contribution is -2.47. The molecule has 4 rings (SSSR count). The summed E-state index contributed by atoms with van der Waals surface area (Å²) < 4.78 is 30.5. The number of benzene rings is 2. The summed E-state index contributed by atoms with van der Waals surface area (Å²) in [6, 6.07) is 14.3. The molecule has 0 bridgehead atoms. The van der Waals surface area contributed by atoms with Crippen LogP contribution in [0.4, 0.5) is 5.69 Å². The maximum Gasteiger partial charge on any atom is 0.255 e. The Morgan fingerprint density at radius 1 is 1.03 bits per heavy atom. The summed E-state index contributed by atoms with van der Waals surface area (Å²) in [6.45, 7) is 4.00. The van der Waals surface area contributed by atoms with Crippen molar-refractivity contribution in [2.45, 2.75) is 25.5 Å². The average Bonchev–Trinajstić information content (AvgIpc) is 3.37. The molecule has 35 heavy (non-hydrogen) atoms.